The summed E-state index contributed by atoms with van der Waals surface area (Å²) in [4.78, 5) is 0. The highest BCUT2D eigenvalue weighted by atomic mass is 14.9. The van der Waals surface area contributed by atoms with Crippen molar-refractivity contribution in [3.05, 3.63) is 0 Å². The number of hydrogen-bond acceptors (Lipinski definition) is 1. The molecule has 0 aromatic rings. The summed E-state index contributed by atoms with van der Waals surface area (Å²) < 4.78 is 0. The fraction of sp³-hybridized carbons (Fsp3) is 1.00. The van der Waals surface area contributed by atoms with Crippen molar-refractivity contribution in [1.82, 2.24) is 5.32 Å². The van der Waals surface area contributed by atoms with Gasteiger partial charge in [0.05, 0.1) is 0 Å². The summed E-state index contributed by atoms with van der Waals surface area (Å²) in [6, 6.07) is 0. The predicted octanol–water partition coefficient (Wildman–Crippen LogP) is 3.20. The normalized spacial score (nSPS) is 40.7. The van der Waals surface area contributed by atoms with Crippen molar-refractivity contribution in [2.45, 2.75) is 52.4 Å². The van der Waals surface area contributed by atoms with Gasteiger partial charge in [-0.2, -0.15) is 0 Å². The maximum atomic E-state index is 3.65. The zero-order valence-corrected chi connectivity index (χ0v) is 9.81. The van der Waals surface area contributed by atoms with Crippen molar-refractivity contribution in [2.75, 3.05) is 13.1 Å². The Bertz CT molecular complexity index is 190. The molecule has 0 aromatic heterocycles. The molecule has 2 rings (SSSR count). The van der Waals surface area contributed by atoms with Gasteiger partial charge in [-0.1, -0.05) is 20.3 Å². The van der Waals surface area contributed by atoms with Crippen molar-refractivity contribution >= 4 is 0 Å². The van der Waals surface area contributed by atoms with Crippen LogP contribution in [0.25, 0.3) is 0 Å². The minimum absolute atomic E-state index is 0.693. The quantitative estimate of drug-likeness (QED) is 0.664. The van der Waals surface area contributed by atoms with Crippen LogP contribution in [-0.2, 0) is 0 Å². The van der Waals surface area contributed by atoms with Crippen molar-refractivity contribution in [3.63, 3.8) is 0 Å². The van der Waals surface area contributed by atoms with Crippen LogP contribution in [0.2, 0.25) is 0 Å². The molecule has 1 N–H and O–H groups in total. The van der Waals surface area contributed by atoms with Crippen LogP contribution in [0.5, 0.6) is 0 Å². The number of fused-ring (bicyclic) bond motifs is 2. The molecule has 14 heavy (non-hydrogen) atoms. The van der Waals surface area contributed by atoms with Crippen LogP contribution in [0, 0.1) is 17.3 Å². The van der Waals surface area contributed by atoms with Crippen LogP contribution >= 0.6 is 0 Å². The van der Waals surface area contributed by atoms with E-state index < -0.39 is 0 Å². The SMILES string of the molecule is CCCNCC1(CC)CC2CCC1C2. The van der Waals surface area contributed by atoms with Gasteiger partial charge < -0.3 is 5.32 Å². The van der Waals surface area contributed by atoms with E-state index >= 15 is 0 Å². The van der Waals surface area contributed by atoms with Gasteiger partial charge in [-0.3, -0.25) is 0 Å². The molecule has 82 valence electrons. The molecule has 1 heteroatoms. The van der Waals surface area contributed by atoms with Crippen LogP contribution in [-0.4, -0.2) is 13.1 Å². The highest BCUT2D eigenvalue weighted by Crippen LogP contribution is 2.57. The van der Waals surface area contributed by atoms with E-state index in [1.165, 1.54) is 45.2 Å². The molecule has 2 fully saturated rings. The zero-order chi connectivity index (χ0) is 10.0. The van der Waals surface area contributed by atoms with Gasteiger partial charge in [0, 0.05) is 6.54 Å². The minimum Gasteiger partial charge on any atom is -0.316 e. The summed E-state index contributed by atoms with van der Waals surface area (Å²) in [7, 11) is 0. The third-order valence-electron chi connectivity index (χ3n) is 4.71. The van der Waals surface area contributed by atoms with E-state index in [0.29, 0.717) is 5.41 Å². The Kier molecular flexibility index (Phi) is 3.16. The molecule has 0 aliphatic heterocycles. The lowest BCUT2D eigenvalue weighted by atomic mass is 9.71. The molecule has 0 amide bonds. The summed E-state index contributed by atoms with van der Waals surface area (Å²) in [6.45, 7) is 7.15. The van der Waals surface area contributed by atoms with Crippen molar-refractivity contribution < 1.29 is 0 Å². The van der Waals surface area contributed by atoms with Crippen molar-refractivity contribution in [3.8, 4) is 0 Å². The van der Waals surface area contributed by atoms with Gasteiger partial charge in [-0.15, -0.1) is 0 Å². The van der Waals surface area contributed by atoms with Crippen molar-refractivity contribution in [1.29, 1.82) is 0 Å². The maximum Gasteiger partial charge on any atom is 0.00105 e. The van der Waals surface area contributed by atoms with E-state index in [9.17, 15) is 0 Å². The average Bonchev–Trinajstić information content (AvgIpc) is 2.78. The van der Waals surface area contributed by atoms with E-state index in [2.05, 4.69) is 19.2 Å². The van der Waals surface area contributed by atoms with Gasteiger partial charge in [0.1, 0.15) is 0 Å². The zero-order valence-electron chi connectivity index (χ0n) is 9.81. The van der Waals surface area contributed by atoms with Gasteiger partial charge in [0.25, 0.3) is 0 Å². The Morgan fingerprint density at radius 3 is 2.64 bits per heavy atom. The van der Waals surface area contributed by atoms with E-state index in [-0.39, 0.29) is 0 Å². The first-order valence-corrected chi connectivity index (χ1v) is 6.51. The number of hydrogen-bond donors (Lipinski definition) is 1. The Balaban J connectivity index is 1.90. The number of rotatable bonds is 5. The third kappa shape index (κ3) is 1.71. The van der Waals surface area contributed by atoms with Crippen LogP contribution in [0.3, 0.4) is 0 Å². The predicted molar refractivity (Wildman–Crippen MR) is 61.3 cm³/mol. The molecule has 2 bridgehead atoms. The second-order valence-corrected chi connectivity index (χ2v) is 5.47. The van der Waals surface area contributed by atoms with Crippen LogP contribution in [0.4, 0.5) is 0 Å². The van der Waals surface area contributed by atoms with Crippen LogP contribution < -0.4 is 5.32 Å². The lowest BCUT2D eigenvalue weighted by molar-refractivity contribution is 0.150. The molecular formula is C13H25N. The summed E-state index contributed by atoms with van der Waals surface area (Å²) in [5.74, 6) is 2.14. The Labute approximate surface area is 88.7 Å². The van der Waals surface area contributed by atoms with Crippen molar-refractivity contribution in [2.24, 2.45) is 17.3 Å². The molecule has 2 saturated carbocycles. The highest BCUT2D eigenvalue weighted by Gasteiger charge is 2.49. The highest BCUT2D eigenvalue weighted by molar-refractivity contribution is 5.00. The van der Waals surface area contributed by atoms with E-state index in [0.717, 1.165) is 11.8 Å². The fourth-order valence-corrected chi connectivity index (χ4v) is 3.85. The number of nitrogens with one attached hydrogen (secondary N) is 1. The first-order chi connectivity index (χ1) is 6.80. The summed E-state index contributed by atoms with van der Waals surface area (Å²) in [5.41, 5.74) is 0.693. The van der Waals surface area contributed by atoms with E-state index in [4.69, 9.17) is 0 Å². The molecule has 3 atom stereocenters. The molecule has 1 nitrogen and oxygen atoms in total. The molecule has 0 aromatic carbocycles. The van der Waals surface area contributed by atoms with Gasteiger partial charge in [-0.05, 0) is 55.9 Å². The Morgan fingerprint density at radius 1 is 1.29 bits per heavy atom. The molecule has 0 spiro atoms. The molecular weight excluding hydrogens is 170 g/mol. The second-order valence-electron chi connectivity index (χ2n) is 5.47. The van der Waals surface area contributed by atoms with Crippen LogP contribution in [0.1, 0.15) is 52.4 Å². The Morgan fingerprint density at radius 2 is 2.14 bits per heavy atom. The lowest BCUT2D eigenvalue weighted by Gasteiger charge is -2.37. The summed E-state index contributed by atoms with van der Waals surface area (Å²) in [6.07, 6.45) is 8.78. The smallest absolute Gasteiger partial charge is 0.00105 e. The fourth-order valence-electron chi connectivity index (χ4n) is 3.85. The van der Waals surface area contributed by atoms with Crippen LogP contribution in [0.15, 0.2) is 0 Å². The first-order valence-electron chi connectivity index (χ1n) is 6.51. The monoisotopic (exact) mass is 195 g/mol. The van der Waals surface area contributed by atoms with E-state index in [1.807, 2.05) is 0 Å². The molecule has 0 heterocycles. The largest absolute Gasteiger partial charge is 0.316 e. The molecule has 3 unspecified atom stereocenters. The second kappa shape index (κ2) is 4.22. The first kappa shape index (κ1) is 10.5. The van der Waals surface area contributed by atoms with Gasteiger partial charge in [0.2, 0.25) is 0 Å². The lowest BCUT2D eigenvalue weighted by Crippen LogP contribution is -2.38. The minimum atomic E-state index is 0.693. The van der Waals surface area contributed by atoms with Gasteiger partial charge >= 0.3 is 0 Å². The molecule has 2 aliphatic rings. The average molecular weight is 195 g/mol. The molecule has 0 radical (unpaired) electrons. The summed E-state index contributed by atoms with van der Waals surface area (Å²) >= 11 is 0. The summed E-state index contributed by atoms with van der Waals surface area (Å²) in [5, 5.41) is 3.65. The maximum absolute atomic E-state index is 3.65. The topological polar surface area (TPSA) is 12.0 Å². The Hall–Kier alpha value is -0.0400. The van der Waals surface area contributed by atoms with Gasteiger partial charge in [0.15, 0.2) is 0 Å². The molecule has 0 saturated heterocycles. The van der Waals surface area contributed by atoms with E-state index in [1.54, 1.807) is 6.42 Å². The molecule has 2 aliphatic carbocycles. The van der Waals surface area contributed by atoms with Gasteiger partial charge in [-0.25, -0.2) is 0 Å². The standard InChI is InChI=1S/C13H25N/c1-3-7-14-10-13(4-2)9-11-5-6-12(13)8-11/h11-12,14H,3-10H2,1-2H3. The third-order valence-corrected chi connectivity index (χ3v) is 4.71.